The fraction of sp³-hybridized carbons (Fsp3) is 0.133. The highest BCUT2D eigenvalue weighted by atomic mass is 19.4. The van der Waals surface area contributed by atoms with Crippen LogP contribution in [0.3, 0.4) is 0 Å². The molecule has 0 spiro atoms. The Hall–Kier alpha value is -2.70. The Morgan fingerprint density at radius 3 is 2.18 bits per heavy atom. The van der Waals surface area contributed by atoms with Crippen molar-refractivity contribution in [2.45, 2.75) is 12.9 Å². The molecule has 0 aromatic heterocycles. The van der Waals surface area contributed by atoms with Gasteiger partial charge in [0.2, 0.25) is 0 Å². The van der Waals surface area contributed by atoms with E-state index in [-0.39, 0.29) is 11.3 Å². The minimum atomic E-state index is -4.75. The standard InChI is InChI=1S/C15H13F3N2O2/c16-15(17,18)22-13-7-3-11(4-8-13)14(21)20-9-10-1-5-12(19)6-2-10/h1-8H,9,19H2,(H,20,21). The summed E-state index contributed by atoms with van der Waals surface area (Å²) >= 11 is 0. The van der Waals surface area contributed by atoms with E-state index in [9.17, 15) is 18.0 Å². The summed E-state index contributed by atoms with van der Waals surface area (Å²) in [5.41, 5.74) is 7.27. The largest absolute Gasteiger partial charge is 0.573 e. The van der Waals surface area contributed by atoms with E-state index in [2.05, 4.69) is 10.1 Å². The number of nitrogen functional groups attached to an aromatic ring is 1. The molecule has 0 heterocycles. The SMILES string of the molecule is Nc1ccc(CNC(=O)c2ccc(OC(F)(F)F)cc2)cc1. The van der Waals surface area contributed by atoms with E-state index in [1.807, 2.05) is 0 Å². The molecule has 1 amide bonds. The highest BCUT2D eigenvalue weighted by Gasteiger charge is 2.31. The topological polar surface area (TPSA) is 64.3 Å². The number of amides is 1. The number of ether oxygens (including phenoxy) is 1. The Kier molecular flexibility index (Phi) is 4.55. The van der Waals surface area contributed by atoms with Crippen molar-refractivity contribution in [2.75, 3.05) is 5.73 Å². The van der Waals surface area contributed by atoms with Crippen LogP contribution in [0.25, 0.3) is 0 Å². The molecule has 2 aromatic carbocycles. The van der Waals surface area contributed by atoms with Crippen molar-refractivity contribution in [3.8, 4) is 5.75 Å². The molecular weight excluding hydrogens is 297 g/mol. The minimum Gasteiger partial charge on any atom is -0.406 e. The van der Waals surface area contributed by atoms with Crippen LogP contribution in [0.5, 0.6) is 5.75 Å². The van der Waals surface area contributed by atoms with Crippen LogP contribution in [-0.4, -0.2) is 12.3 Å². The maximum Gasteiger partial charge on any atom is 0.573 e. The molecule has 0 aliphatic heterocycles. The number of nitrogens with one attached hydrogen (secondary N) is 1. The lowest BCUT2D eigenvalue weighted by atomic mass is 10.2. The van der Waals surface area contributed by atoms with E-state index >= 15 is 0 Å². The number of carbonyl (C=O) groups excluding carboxylic acids is 1. The van der Waals surface area contributed by atoms with Crippen LogP contribution in [0.1, 0.15) is 15.9 Å². The van der Waals surface area contributed by atoms with Gasteiger partial charge >= 0.3 is 6.36 Å². The van der Waals surface area contributed by atoms with E-state index in [0.29, 0.717) is 12.2 Å². The van der Waals surface area contributed by atoms with Gasteiger partial charge in [0.15, 0.2) is 0 Å². The summed E-state index contributed by atoms with van der Waals surface area (Å²) in [5, 5.41) is 2.66. The molecule has 0 saturated heterocycles. The molecule has 4 nitrogen and oxygen atoms in total. The third-order valence-electron chi connectivity index (χ3n) is 2.78. The predicted molar refractivity (Wildman–Crippen MR) is 75.1 cm³/mol. The van der Waals surface area contributed by atoms with Crippen LogP contribution >= 0.6 is 0 Å². The number of nitrogens with two attached hydrogens (primary N) is 1. The van der Waals surface area contributed by atoms with Gasteiger partial charge in [-0.3, -0.25) is 4.79 Å². The zero-order valence-corrected chi connectivity index (χ0v) is 11.4. The minimum absolute atomic E-state index is 0.241. The molecule has 22 heavy (non-hydrogen) atoms. The normalized spacial score (nSPS) is 11.0. The molecule has 116 valence electrons. The van der Waals surface area contributed by atoms with Gasteiger partial charge < -0.3 is 15.8 Å². The number of hydrogen-bond acceptors (Lipinski definition) is 3. The average Bonchev–Trinajstić information content (AvgIpc) is 2.45. The molecule has 0 fully saturated rings. The van der Waals surface area contributed by atoms with Crippen LogP contribution in [0.15, 0.2) is 48.5 Å². The molecule has 2 rings (SSSR count). The lowest BCUT2D eigenvalue weighted by Gasteiger charge is -2.09. The van der Waals surface area contributed by atoms with Crippen LogP contribution < -0.4 is 15.8 Å². The molecule has 0 radical (unpaired) electrons. The Morgan fingerprint density at radius 2 is 1.64 bits per heavy atom. The first kappa shape index (κ1) is 15.7. The van der Waals surface area contributed by atoms with Crippen LogP contribution in [-0.2, 0) is 6.54 Å². The van der Waals surface area contributed by atoms with Gasteiger partial charge in [0.05, 0.1) is 0 Å². The monoisotopic (exact) mass is 310 g/mol. The maximum absolute atomic E-state index is 12.0. The number of benzene rings is 2. The Bertz CT molecular complexity index is 637. The first-order chi connectivity index (χ1) is 10.3. The molecule has 3 N–H and O–H groups in total. The molecule has 0 bridgehead atoms. The molecule has 0 atom stereocenters. The molecule has 2 aromatic rings. The molecule has 0 unspecified atom stereocenters. The van der Waals surface area contributed by atoms with Gasteiger partial charge in [-0.05, 0) is 42.0 Å². The average molecular weight is 310 g/mol. The number of carbonyl (C=O) groups is 1. The van der Waals surface area contributed by atoms with Crippen molar-refractivity contribution in [1.29, 1.82) is 0 Å². The summed E-state index contributed by atoms with van der Waals surface area (Å²) < 4.78 is 39.8. The fourth-order valence-electron chi connectivity index (χ4n) is 1.73. The third-order valence-corrected chi connectivity index (χ3v) is 2.78. The van der Waals surface area contributed by atoms with Crippen molar-refractivity contribution in [3.05, 3.63) is 59.7 Å². The Labute approximate surface area is 124 Å². The number of alkyl halides is 3. The van der Waals surface area contributed by atoms with Gasteiger partial charge in [0, 0.05) is 17.8 Å². The van der Waals surface area contributed by atoms with Gasteiger partial charge in [0.25, 0.3) is 5.91 Å². The molecule has 7 heteroatoms. The second-order valence-electron chi connectivity index (χ2n) is 4.50. The van der Waals surface area contributed by atoms with Crippen molar-refractivity contribution >= 4 is 11.6 Å². The second-order valence-corrected chi connectivity index (χ2v) is 4.50. The van der Waals surface area contributed by atoms with Crippen molar-refractivity contribution in [1.82, 2.24) is 5.32 Å². The quantitative estimate of drug-likeness (QED) is 0.853. The van der Waals surface area contributed by atoms with Gasteiger partial charge in [-0.25, -0.2) is 0 Å². The highest BCUT2D eigenvalue weighted by molar-refractivity contribution is 5.94. The summed E-state index contributed by atoms with van der Waals surface area (Å²) in [6.45, 7) is 0.292. The third kappa shape index (κ3) is 4.69. The number of hydrogen-bond donors (Lipinski definition) is 2. The highest BCUT2D eigenvalue weighted by Crippen LogP contribution is 2.22. The predicted octanol–water partition coefficient (Wildman–Crippen LogP) is 3.10. The summed E-state index contributed by atoms with van der Waals surface area (Å²) in [6.07, 6.45) is -4.75. The number of rotatable bonds is 4. The lowest BCUT2D eigenvalue weighted by molar-refractivity contribution is -0.274. The van der Waals surface area contributed by atoms with Crippen molar-refractivity contribution < 1.29 is 22.7 Å². The van der Waals surface area contributed by atoms with E-state index < -0.39 is 12.3 Å². The van der Waals surface area contributed by atoms with Gasteiger partial charge in [-0.15, -0.1) is 13.2 Å². The van der Waals surface area contributed by atoms with Crippen LogP contribution in [0.2, 0.25) is 0 Å². The Morgan fingerprint density at radius 1 is 1.05 bits per heavy atom. The van der Waals surface area contributed by atoms with E-state index in [1.54, 1.807) is 24.3 Å². The first-order valence-electron chi connectivity index (χ1n) is 6.32. The van der Waals surface area contributed by atoms with E-state index in [1.165, 1.54) is 12.1 Å². The van der Waals surface area contributed by atoms with Crippen LogP contribution in [0.4, 0.5) is 18.9 Å². The molecule has 0 aliphatic carbocycles. The van der Waals surface area contributed by atoms with E-state index in [4.69, 9.17) is 5.73 Å². The van der Waals surface area contributed by atoms with Gasteiger partial charge in [0.1, 0.15) is 5.75 Å². The van der Waals surface area contributed by atoms with Gasteiger partial charge in [-0.2, -0.15) is 0 Å². The summed E-state index contributed by atoms with van der Waals surface area (Å²) in [7, 11) is 0. The maximum atomic E-state index is 12.0. The molecule has 0 aliphatic rings. The zero-order chi connectivity index (χ0) is 16.2. The van der Waals surface area contributed by atoms with Crippen molar-refractivity contribution in [2.24, 2.45) is 0 Å². The molecule has 0 saturated carbocycles. The number of anilines is 1. The smallest absolute Gasteiger partial charge is 0.406 e. The lowest BCUT2D eigenvalue weighted by Crippen LogP contribution is -2.22. The van der Waals surface area contributed by atoms with Crippen molar-refractivity contribution in [3.63, 3.8) is 0 Å². The summed E-state index contributed by atoms with van der Waals surface area (Å²) in [6, 6.07) is 11.7. The fourth-order valence-corrected chi connectivity index (χ4v) is 1.73. The van der Waals surface area contributed by atoms with Crippen LogP contribution in [0, 0.1) is 0 Å². The number of halogens is 3. The van der Waals surface area contributed by atoms with Gasteiger partial charge in [-0.1, -0.05) is 12.1 Å². The summed E-state index contributed by atoms with van der Waals surface area (Å²) in [5.74, 6) is -0.766. The van der Waals surface area contributed by atoms with E-state index in [0.717, 1.165) is 17.7 Å². The Balaban J connectivity index is 1.93. The first-order valence-corrected chi connectivity index (χ1v) is 6.32. The zero-order valence-electron chi connectivity index (χ0n) is 11.4. The summed E-state index contributed by atoms with van der Waals surface area (Å²) in [4.78, 5) is 11.9. The molecular formula is C15H13F3N2O2. The second kappa shape index (κ2) is 6.38.